The predicted octanol–water partition coefficient (Wildman–Crippen LogP) is 2.40. The van der Waals surface area contributed by atoms with Crippen LogP contribution in [-0.2, 0) is 4.79 Å². The lowest BCUT2D eigenvalue weighted by molar-refractivity contribution is -0.120. The van der Waals surface area contributed by atoms with Crippen LogP contribution in [-0.4, -0.2) is 5.78 Å². The van der Waals surface area contributed by atoms with Gasteiger partial charge in [0.15, 0.2) is 0 Å². The van der Waals surface area contributed by atoms with E-state index in [4.69, 9.17) is 0 Å². The van der Waals surface area contributed by atoms with E-state index in [0.717, 1.165) is 18.8 Å². The third-order valence-corrected chi connectivity index (χ3v) is 1.85. The van der Waals surface area contributed by atoms with Gasteiger partial charge in [-0.3, -0.25) is 4.79 Å². The van der Waals surface area contributed by atoms with Gasteiger partial charge in [-0.25, -0.2) is 0 Å². The second kappa shape index (κ2) is 3.18. The predicted molar refractivity (Wildman–Crippen MR) is 41.8 cm³/mol. The Balaban J connectivity index is 2.08. The maximum absolute atomic E-state index is 11.1. The molecule has 0 heterocycles. The fourth-order valence-corrected chi connectivity index (χ4v) is 1.18. The van der Waals surface area contributed by atoms with Crippen molar-refractivity contribution in [3.05, 3.63) is 0 Å². The van der Waals surface area contributed by atoms with Gasteiger partial charge < -0.3 is 0 Å². The second-order valence-electron chi connectivity index (χ2n) is 3.78. The first-order valence-corrected chi connectivity index (χ1v) is 4.20. The average Bonchev–Trinajstić information content (AvgIpc) is 2.46. The third kappa shape index (κ3) is 3.00. The lowest BCUT2D eigenvalue weighted by Crippen LogP contribution is -2.02. The fourth-order valence-electron chi connectivity index (χ4n) is 1.18. The summed E-state index contributed by atoms with van der Waals surface area (Å²) in [6, 6.07) is 0. The highest BCUT2D eigenvalue weighted by Crippen LogP contribution is 2.33. The Morgan fingerprint density at radius 3 is 2.50 bits per heavy atom. The molecule has 0 radical (unpaired) electrons. The summed E-state index contributed by atoms with van der Waals surface area (Å²) in [5.41, 5.74) is 0. The van der Waals surface area contributed by atoms with E-state index in [2.05, 4.69) is 13.8 Å². The number of ketones is 1. The van der Waals surface area contributed by atoms with Gasteiger partial charge in [-0.1, -0.05) is 13.8 Å². The van der Waals surface area contributed by atoms with Gasteiger partial charge in [-0.15, -0.1) is 0 Å². The van der Waals surface area contributed by atoms with E-state index in [-0.39, 0.29) is 0 Å². The summed E-state index contributed by atoms with van der Waals surface area (Å²) in [6.07, 6.45) is 4.24. The van der Waals surface area contributed by atoms with E-state index in [1.165, 1.54) is 12.8 Å². The minimum Gasteiger partial charge on any atom is -0.300 e. The van der Waals surface area contributed by atoms with Crippen molar-refractivity contribution in [3.63, 3.8) is 0 Å². The number of hydrogen-bond donors (Lipinski definition) is 0. The van der Waals surface area contributed by atoms with Gasteiger partial charge >= 0.3 is 0 Å². The Kier molecular flexibility index (Phi) is 2.47. The second-order valence-corrected chi connectivity index (χ2v) is 3.78. The van der Waals surface area contributed by atoms with Crippen molar-refractivity contribution in [3.8, 4) is 0 Å². The lowest BCUT2D eigenvalue weighted by atomic mass is 10.0. The Morgan fingerprint density at radius 1 is 1.50 bits per heavy atom. The lowest BCUT2D eigenvalue weighted by Gasteiger charge is -2.01. The van der Waals surface area contributed by atoms with Gasteiger partial charge in [0, 0.05) is 12.8 Å². The average molecular weight is 140 g/mol. The van der Waals surface area contributed by atoms with E-state index >= 15 is 0 Å². The van der Waals surface area contributed by atoms with Gasteiger partial charge in [0.1, 0.15) is 5.78 Å². The summed E-state index contributed by atoms with van der Waals surface area (Å²) >= 11 is 0. The van der Waals surface area contributed by atoms with Crippen LogP contribution in [0, 0.1) is 11.8 Å². The zero-order valence-corrected chi connectivity index (χ0v) is 6.89. The Morgan fingerprint density at radius 2 is 2.10 bits per heavy atom. The SMILES string of the molecule is CC(C)CC(=O)CC1CC1. The molecule has 0 unspecified atom stereocenters. The van der Waals surface area contributed by atoms with Gasteiger partial charge in [0.05, 0.1) is 0 Å². The van der Waals surface area contributed by atoms with Crippen LogP contribution in [0.3, 0.4) is 0 Å². The molecular formula is C9H16O. The maximum atomic E-state index is 11.1. The quantitative estimate of drug-likeness (QED) is 0.586. The number of Topliss-reactive ketones (excluding diaryl/α,β-unsaturated/α-hetero) is 1. The molecule has 0 saturated heterocycles. The number of carbonyl (C=O) groups is 1. The van der Waals surface area contributed by atoms with Crippen LogP contribution in [0.1, 0.15) is 39.5 Å². The monoisotopic (exact) mass is 140 g/mol. The number of carbonyl (C=O) groups excluding carboxylic acids is 1. The van der Waals surface area contributed by atoms with E-state index in [1.54, 1.807) is 0 Å². The van der Waals surface area contributed by atoms with Crippen LogP contribution < -0.4 is 0 Å². The van der Waals surface area contributed by atoms with Crippen LogP contribution in [0.15, 0.2) is 0 Å². The van der Waals surface area contributed by atoms with Crippen LogP contribution in [0.5, 0.6) is 0 Å². The molecule has 1 fully saturated rings. The summed E-state index contributed by atoms with van der Waals surface area (Å²) < 4.78 is 0. The van der Waals surface area contributed by atoms with Gasteiger partial charge in [0.25, 0.3) is 0 Å². The molecule has 1 heteroatoms. The summed E-state index contributed by atoms with van der Waals surface area (Å²) in [7, 11) is 0. The zero-order valence-electron chi connectivity index (χ0n) is 6.89. The van der Waals surface area contributed by atoms with Crippen molar-refractivity contribution < 1.29 is 4.79 Å². The van der Waals surface area contributed by atoms with Crippen LogP contribution in [0.25, 0.3) is 0 Å². The molecule has 1 aliphatic carbocycles. The minimum absolute atomic E-state index is 0.470. The molecule has 10 heavy (non-hydrogen) atoms. The van der Waals surface area contributed by atoms with E-state index in [1.807, 2.05) is 0 Å². The molecule has 0 bridgehead atoms. The summed E-state index contributed by atoms with van der Waals surface area (Å²) in [4.78, 5) is 11.1. The van der Waals surface area contributed by atoms with Gasteiger partial charge in [-0.2, -0.15) is 0 Å². The van der Waals surface area contributed by atoms with Gasteiger partial charge in [-0.05, 0) is 24.7 Å². The standard InChI is InChI=1S/C9H16O/c1-7(2)5-9(10)6-8-3-4-8/h7-8H,3-6H2,1-2H3. The molecule has 0 aliphatic heterocycles. The molecule has 1 nitrogen and oxygen atoms in total. The number of hydrogen-bond acceptors (Lipinski definition) is 1. The molecule has 0 aromatic rings. The molecule has 1 rings (SSSR count). The van der Waals surface area contributed by atoms with E-state index in [9.17, 15) is 4.79 Å². The van der Waals surface area contributed by atoms with Crippen molar-refractivity contribution in [1.82, 2.24) is 0 Å². The molecule has 58 valence electrons. The van der Waals surface area contributed by atoms with E-state index < -0.39 is 0 Å². The molecule has 0 aromatic heterocycles. The third-order valence-electron chi connectivity index (χ3n) is 1.85. The first kappa shape index (κ1) is 7.77. The molecule has 0 N–H and O–H groups in total. The molecule has 0 aromatic carbocycles. The zero-order chi connectivity index (χ0) is 7.56. The van der Waals surface area contributed by atoms with Crippen molar-refractivity contribution in [1.29, 1.82) is 0 Å². The molecule has 0 atom stereocenters. The smallest absolute Gasteiger partial charge is 0.133 e. The number of rotatable bonds is 4. The molecule has 0 spiro atoms. The fraction of sp³-hybridized carbons (Fsp3) is 0.889. The highest BCUT2D eigenvalue weighted by atomic mass is 16.1. The summed E-state index contributed by atoms with van der Waals surface area (Å²) in [5.74, 6) is 1.79. The Labute approximate surface area is 62.8 Å². The first-order chi connectivity index (χ1) is 4.68. The Bertz CT molecular complexity index is 117. The summed E-state index contributed by atoms with van der Waals surface area (Å²) in [5, 5.41) is 0. The van der Waals surface area contributed by atoms with Crippen molar-refractivity contribution in [2.75, 3.05) is 0 Å². The topological polar surface area (TPSA) is 17.1 Å². The first-order valence-electron chi connectivity index (χ1n) is 4.20. The normalized spacial score (nSPS) is 17.9. The van der Waals surface area contributed by atoms with Crippen LogP contribution in [0.2, 0.25) is 0 Å². The highest BCUT2D eigenvalue weighted by Gasteiger charge is 2.24. The summed E-state index contributed by atoms with van der Waals surface area (Å²) in [6.45, 7) is 4.20. The molecule has 1 aliphatic rings. The van der Waals surface area contributed by atoms with E-state index in [0.29, 0.717) is 11.7 Å². The highest BCUT2D eigenvalue weighted by molar-refractivity contribution is 5.79. The molecular weight excluding hydrogens is 124 g/mol. The van der Waals surface area contributed by atoms with Crippen LogP contribution >= 0.6 is 0 Å². The molecule has 0 amide bonds. The van der Waals surface area contributed by atoms with Crippen LogP contribution in [0.4, 0.5) is 0 Å². The van der Waals surface area contributed by atoms with Gasteiger partial charge in [0.2, 0.25) is 0 Å². The van der Waals surface area contributed by atoms with Crippen molar-refractivity contribution >= 4 is 5.78 Å². The minimum atomic E-state index is 0.470. The largest absolute Gasteiger partial charge is 0.300 e. The molecule has 1 saturated carbocycles. The maximum Gasteiger partial charge on any atom is 0.133 e. The van der Waals surface area contributed by atoms with Crippen molar-refractivity contribution in [2.24, 2.45) is 11.8 Å². The van der Waals surface area contributed by atoms with Crippen molar-refractivity contribution in [2.45, 2.75) is 39.5 Å². The Hall–Kier alpha value is -0.330.